The molecular formula is C2H8N2. The number of rotatable bonds is 0. The highest BCUT2D eigenvalue weighted by molar-refractivity contribution is 4.28. The quantitative estimate of drug-likeness (QED) is 0.361. The average Bonchev–Trinajstić information content (AvgIpc) is 0.811. The van der Waals surface area contributed by atoms with E-state index in [2.05, 4.69) is 0 Å². The van der Waals surface area contributed by atoms with E-state index in [-0.39, 0.29) is 6.17 Å². The first kappa shape index (κ1) is 3.92. The smallest absolute Gasteiger partial charge is 0.0491 e. The van der Waals surface area contributed by atoms with E-state index >= 15 is 0 Å². The summed E-state index contributed by atoms with van der Waals surface area (Å²) >= 11 is 0. The summed E-state index contributed by atoms with van der Waals surface area (Å²) in [5.41, 5.74) is 9.78. The highest BCUT2D eigenvalue weighted by atomic mass is 14.8. The highest BCUT2D eigenvalue weighted by Gasteiger charge is 1.66. The van der Waals surface area contributed by atoms with Gasteiger partial charge in [0.2, 0.25) is 0 Å². The lowest BCUT2D eigenvalue weighted by atomic mass is 10.7. The van der Waals surface area contributed by atoms with Crippen molar-refractivity contribution < 1.29 is 0 Å². The third-order valence-corrected chi connectivity index (χ3v) is 0. The van der Waals surface area contributed by atoms with Crippen LogP contribution in [0.5, 0.6) is 0 Å². The third kappa shape index (κ3) is 254. The molecule has 0 saturated carbocycles. The average molecular weight is 60.1 g/mol. The maximum atomic E-state index is 4.89. The van der Waals surface area contributed by atoms with Crippen molar-refractivity contribution in [2.24, 2.45) is 11.5 Å². The third-order valence-electron chi connectivity index (χ3n) is 0. The molecule has 0 fully saturated rings. The van der Waals surface area contributed by atoms with Crippen molar-refractivity contribution in [1.82, 2.24) is 0 Å². The fraction of sp³-hybridized carbons (Fsp3) is 1.00. The lowest BCUT2D eigenvalue weighted by molar-refractivity contribution is 0.790. The molecule has 0 saturated heterocycles. The van der Waals surface area contributed by atoms with Gasteiger partial charge in [-0.25, -0.2) is 0 Å². The van der Waals surface area contributed by atoms with Gasteiger partial charge in [0.05, 0.1) is 0 Å². The molecule has 0 rings (SSSR count). The van der Waals surface area contributed by atoms with E-state index in [1.165, 1.54) is 0 Å². The van der Waals surface area contributed by atoms with E-state index in [0.717, 1.165) is 0 Å². The Kier molecular flexibility index (Phi) is 1.24. The summed E-state index contributed by atoms with van der Waals surface area (Å²) in [6.07, 6.45) is -0.167. The Morgan fingerprint density at radius 3 is 1.50 bits per heavy atom. The Bertz CT molecular complexity index is 8.75. The van der Waals surface area contributed by atoms with Crippen molar-refractivity contribution in [1.29, 1.82) is 0 Å². The minimum atomic E-state index is -0.167. The van der Waals surface area contributed by atoms with Crippen molar-refractivity contribution in [3.63, 3.8) is 0 Å². The van der Waals surface area contributed by atoms with Gasteiger partial charge in [-0.3, -0.25) is 0 Å². The van der Waals surface area contributed by atoms with Gasteiger partial charge in [0.1, 0.15) is 0 Å². The van der Waals surface area contributed by atoms with Crippen LogP contribution in [0, 0.1) is 0 Å². The van der Waals surface area contributed by atoms with Gasteiger partial charge in [-0.2, -0.15) is 0 Å². The summed E-state index contributed by atoms with van der Waals surface area (Å²) in [5, 5.41) is 0. The van der Waals surface area contributed by atoms with Crippen molar-refractivity contribution >= 4 is 0 Å². The van der Waals surface area contributed by atoms with E-state index in [9.17, 15) is 0 Å². The van der Waals surface area contributed by atoms with Crippen LogP contribution in [0.3, 0.4) is 0 Å². The topological polar surface area (TPSA) is 52.0 Å². The van der Waals surface area contributed by atoms with Gasteiger partial charge in [0.25, 0.3) is 0 Å². The Balaban J connectivity index is 2.32. The van der Waals surface area contributed by atoms with Crippen molar-refractivity contribution in [2.45, 2.75) is 13.1 Å². The zero-order valence-corrected chi connectivity index (χ0v) is 2.73. The standard InChI is InChI=1S/C2H8N2/c1-2(3)4/h2H,3-4H2,1H3. The molecule has 2 nitrogen and oxygen atoms in total. The summed E-state index contributed by atoms with van der Waals surface area (Å²) in [7, 11) is 0. The van der Waals surface area contributed by atoms with Crippen LogP contribution in [0.4, 0.5) is 0 Å². The monoisotopic (exact) mass is 60.1 g/mol. The largest absolute Gasteiger partial charge is 0.316 e. The normalized spacial score (nSPS) is 9.00. The molecule has 0 aliphatic heterocycles. The summed E-state index contributed by atoms with van der Waals surface area (Å²) < 4.78 is 0. The van der Waals surface area contributed by atoms with Crippen LogP contribution in [-0.2, 0) is 0 Å². The molecule has 0 aliphatic rings. The van der Waals surface area contributed by atoms with Crippen LogP contribution in [0.15, 0.2) is 0 Å². The molecule has 2 heteroatoms. The molecule has 4 N–H and O–H groups in total. The molecule has 0 atom stereocenters. The second-order valence-electron chi connectivity index (χ2n) is 0.859. The fourth-order valence-electron chi connectivity index (χ4n) is 0. The summed E-state index contributed by atoms with van der Waals surface area (Å²) in [6.45, 7) is 1.72. The van der Waals surface area contributed by atoms with Crippen LogP contribution >= 0.6 is 0 Å². The molecule has 0 radical (unpaired) electrons. The van der Waals surface area contributed by atoms with Crippen molar-refractivity contribution in [3.05, 3.63) is 0 Å². The summed E-state index contributed by atoms with van der Waals surface area (Å²) in [6, 6.07) is 0. The molecule has 0 aliphatic carbocycles. The Morgan fingerprint density at radius 2 is 1.50 bits per heavy atom. The summed E-state index contributed by atoms with van der Waals surface area (Å²) in [5.74, 6) is 0. The maximum Gasteiger partial charge on any atom is 0.0491 e. The SMILES string of the molecule is CC(N)N. The second kappa shape index (κ2) is 1.26. The first-order valence-corrected chi connectivity index (χ1v) is 1.24. The molecule has 0 spiro atoms. The number of hydrogen-bond acceptors (Lipinski definition) is 2. The van der Waals surface area contributed by atoms with E-state index < -0.39 is 0 Å². The molecule has 0 aromatic carbocycles. The highest BCUT2D eigenvalue weighted by Crippen LogP contribution is 1.41. The molecule has 0 aromatic rings. The van der Waals surface area contributed by atoms with Crippen LogP contribution in [0.1, 0.15) is 6.92 Å². The zero-order valence-electron chi connectivity index (χ0n) is 2.73. The predicted molar refractivity (Wildman–Crippen MR) is 17.8 cm³/mol. The Morgan fingerprint density at radius 1 is 1.50 bits per heavy atom. The molecule has 0 bridgehead atoms. The fourth-order valence-corrected chi connectivity index (χ4v) is 0. The molecule has 0 heterocycles. The zero-order chi connectivity index (χ0) is 3.58. The van der Waals surface area contributed by atoms with Gasteiger partial charge in [0, 0.05) is 6.17 Å². The minimum Gasteiger partial charge on any atom is -0.316 e. The van der Waals surface area contributed by atoms with Crippen LogP contribution in [0.25, 0.3) is 0 Å². The summed E-state index contributed by atoms with van der Waals surface area (Å²) in [4.78, 5) is 0. The maximum absolute atomic E-state index is 4.89. The Hall–Kier alpha value is -0.0800. The van der Waals surface area contributed by atoms with Gasteiger partial charge < -0.3 is 11.5 Å². The molecule has 4 heavy (non-hydrogen) atoms. The van der Waals surface area contributed by atoms with E-state index in [1.807, 2.05) is 0 Å². The predicted octanol–water partition coefficient (Wildman–Crippen LogP) is -0.750. The molecule has 0 amide bonds. The van der Waals surface area contributed by atoms with E-state index in [1.54, 1.807) is 6.92 Å². The first-order chi connectivity index (χ1) is 1.73. The van der Waals surface area contributed by atoms with Crippen molar-refractivity contribution in [2.75, 3.05) is 0 Å². The number of hydrogen-bond donors (Lipinski definition) is 2. The van der Waals surface area contributed by atoms with Gasteiger partial charge in [-0.15, -0.1) is 0 Å². The molecule has 0 aromatic heterocycles. The second-order valence-corrected chi connectivity index (χ2v) is 0.859. The molecular weight excluding hydrogens is 52.0 g/mol. The number of nitrogens with two attached hydrogens (primary N) is 2. The lowest BCUT2D eigenvalue weighted by Crippen LogP contribution is -2.25. The molecule has 0 unspecified atom stereocenters. The van der Waals surface area contributed by atoms with E-state index in [0.29, 0.717) is 0 Å². The van der Waals surface area contributed by atoms with Crippen LogP contribution in [-0.4, -0.2) is 6.17 Å². The van der Waals surface area contributed by atoms with E-state index in [4.69, 9.17) is 11.5 Å². The van der Waals surface area contributed by atoms with Crippen LogP contribution in [0.2, 0.25) is 0 Å². The van der Waals surface area contributed by atoms with Gasteiger partial charge >= 0.3 is 0 Å². The Labute approximate surface area is 25.8 Å². The van der Waals surface area contributed by atoms with Gasteiger partial charge in [-0.1, -0.05) is 0 Å². The van der Waals surface area contributed by atoms with Gasteiger partial charge in [-0.05, 0) is 6.92 Å². The lowest BCUT2D eigenvalue weighted by Gasteiger charge is -1.83. The molecule has 26 valence electrons. The van der Waals surface area contributed by atoms with Crippen LogP contribution < -0.4 is 11.5 Å². The van der Waals surface area contributed by atoms with Crippen molar-refractivity contribution in [3.8, 4) is 0 Å². The first-order valence-electron chi connectivity index (χ1n) is 1.24. The van der Waals surface area contributed by atoms with Gasteiger partial charge in [0.15, 0.2) is 0 Å². The minimum absolute atomic E-state index is 0.167.